The second-order valence-electron chi connectivity index (χ2n) is 9.73. The Morgan fingerprint density at radius 1 is 1.06 bits per heavy atom. The standard InChI is InChI=1S/C28H35N3O4/c1-8-31(26(33)23(19(2)3)30-27(34)35-28(5,6)7)24(22-16-12-13-20(4)17-22)25(32)29-18-21-14-10-9-11-15-21/h1,9-17,19,23-24H,18H2,2-7H3,(H,29,32)(H,30,34). The highest BCUT2D eigenvalue weighted by atomic mass is 16.6. The van der Waals surface area contributed by atoms with Crippen molar-refractivity contribution >= 4 is 17.9 Å². The number of rotatable bonds is 8. The first-order valence-corrected chi connectivity index (χ1v) is 11.6. The minimum atomic E-state index is -1.09. The number of carbonyl (C=O) groups excluding carboxylic acids is 3. The summed E-state index contributed by atoms with van der Waals surface area (Å²) >= 11 is 0. The molecule has 0 fully saturated rings. The van der Waals surface area contributed by atoms with Gasteiger partial charge in [0.15, 0.2) is 0 Å². The number of nitrogens with zero attached hydrogens (tertiary/aromatic N) is 1. The monoisotopic (exact) mass is 477 g/mol. The summed E-state index contributed by atoms with van der Waals surface area (Å²) in [6, 6.07) is 17.0. The van der Waals surface area contributed by atoms with Crippen LogP contribution in [0.1, 0.15) is 57.4 Å². The molecule has 2 rings (SSSR count). The third kappa shape index (κ3) is 8.18. The summed E-state index contributed by atoms with van der Waals surface area (Å²) in [5, 5.41) is 5.51. The molecule has 0 aliphatic heterocycles. The molecule has 2 N–H and O–H groups in total. The summed E-state index contributed by atoms with van der Waals surface area (Å²) in [4.78, 5) is 40.5. The van der Waals surface area contributed by atoms with Gasteiger partial charge in [0, 0.05) is 12.6 Å². The first kappa shape index (κ1) is 27.5. The molecule has 2 aromatic rings. The van der Waals surface area contributed by atoms with Gasteiger partial charge in [-0.3, -0.25) is 14.5 Å². The minimum Gasteiger partial charge on any atom is -0.444 e. The van der Waals surface area contributed by atoms with E-state index in [4.69, 9.17) is 11.2 Å². The van der Waals surface area contributed by atoms with Crippen LogP contribution in [0, 0.1) is 25.3 Å². The van der Waals surface area contributed by atoms with Gasteiger partial charge in [-0.05, 0) is 44.7 Å². The molecule has 0 radical (unpaired) electrons. The number of nitrogens with one attached hydrogen (secondary N) is 2. The SMILES string of the molecule is C#CN(C(=O)C(NC(=O)OC(C)(C)C)C(C)C)C(C(=O)NCc1ccccc1)c1cccc(C)c1. The van der Waals surface area contributed by atoms with Crippen LogP contribution >= 0.6 is 0 Å². The average Bonchev–Trinajstić information content (AvgIpc) is 2.78. The molecule has 2 aromatic carbocycles. The molecular formula is C28H35N3O4. The lowest BCUT2D eigenvalue weighted by Gasteiger charge is -2.32. The molecule has 0 spiro atoms. The van der Waals surface area contributed by atoms with E-state index in [1.807, 2.05) is 49.4 Å². The second-order valence-corrected chi connectivity index (χ2v) is 9.73. The number of hydrogen-bond acceptors (Lipinski definition) is 4. The van der Waals surface area contributed by atoms with Gasteiger partial charge in [-0.2, -0.15) is 0 Å². The fourth-order valence-corrected chi connectivity index (χ4v) is 3.50. The van der Waals surface area contributed by atoms with E-state index in [1.165, 1.54) is 0 Å². The van der Waals surface area contributed by atoms with E-state index in [0.29, 0.717) is 5.56 Å². The second kappa shape index (κ2) is 12.1. The molecule has 0 aliphatic rings. The summed E-state index contributed by atoms with van der Waals surface area (Å²) in [5.74, 6) is -1.31. The molecule has 35 heavy (non-hydrogen) atoms. The minimum absolute atomic E-state index is 0.276. The maximum absolute atomic E-state index is 13.6. The van der Waals surface area contributed by atoms with E-state index in [9.17, 15) is 14.4 Å². The number of benzene rings is 2. The van der Waals surface area contributed by atoms with Crippen molar-refractivity contribution in [1.82, 2.24) is 15.5 Å². The Labute approximate surface area is 208 Å². The van der Waals surface area contributed by atoms with Crippen LogP contribution < -0.4 is 10.6 Å². The van der Waals surface area contributed by atoms with E-state index in [-0.39, 0.29) is 12.5 Å². The van der Waals surface area contributed by atoms with Crippen LogP contribution in [0.3, 0.4) is 0 Å². The lowest BCUT2D eigenvalue weighted by Crippen LogP contribution is -2.53. The van der Waals surface area contributed by atoms with Gasteiger partial charge in [0.25, 0.3) is 5.91 Å². The van der Waals surface area contributed by atoms with Crippen LogP contribution in [0.2, 0.25) is 0 Å². The van der Waals surface area contributed by atoms with Crippen molar-refractivity contribution in [2.45, 2.75) is 65.8 Å². The number of carbonyl (C=O) groups is 3. The van der Waals surface area contributed by atoms with E-state index in [1.54, 1.807) is 46.8 Å². The normalized spacial score (nSPS) is 12.7. The number of amides is 3. The number of aryl methyl sites for hydroxylation is 1. The molecule has 0 saturated heterocycles. The van der Waals surface area contributed by atoms with Gasteiger partial charge in [-0.1, -0.05) is 80.4 Å². The molecule has 186 valence electrons. The van der Waals surface area contributed by atoms with Crippen molar-refractivity contribution in [1.29, 1.82) is 0 Å². The van der Waals surface area contributed by atoms with Gasteiger partial charge < -0.3 is 15.4 Å². The summed E-state index contributed by atoms with van der Waals surface area (Å²) in [5.41, 5.74) is 1.66. The molecular weight excluding hydrogens is 442 g/mol. The number of terminal acetylenes is 1. The zero-order valence-corrected chi connectivity index (χ0v) is 21.3. The molecule has 2 unspecified atom stereocenters. The number of ether oxygens (including phenoxy) is 1. The highest BCUT2D eigenvalue weighted by Gasteiger charge is 2.37. The quantitative estimate of drug-likeness (QED) is 0.438. The topological polar surface area (TPSA) is 87.7 Å². The molecule has 3 amide bonds. The van der Waals surface area contributed by atoms with Gasteiger partial charge in [0.2, 0.25) is 5.91 Å². The Hall–Kier alpha value is -3.79. The molecule has 0 heterocycles. The Balaban J connectivity index is 2.37. The summed E-state index contributed by atoms with van der Waals surface area (Å²) in [6.07, 6.45) is 5.06. The van der Waals surface area contributed by atoms with Crippen LogP contribution in [0.25, 0.3) is 0 Å². The zero-order valence-electron chi connectivity index (χ0n) is 21.3. The van der Waals surface area contributed by atoms with Crippen molar-refractivity contribution in [3.05, 3.63) is 71.3 Å². The zero-order chi connectivity index (χ0) is 26.2. The van der Waals surface area contributed by atoms with Crippen LogP contribution in [0.4, 0.5) is 4.79 Å². The molecule has 7 heteroatoms. The Morgan fingerprint density at radius 3 is 2.26 bits per heavy atom. The Bertz CT molecular complexity index is 1070. The van der Waals surface area contributed by atoms with Gasteiger partial charge in [0.05, 0.1) is 0 Å². The van der Waals surface area contributed by atoms with Crippen molar-refractivity contribution < 1.29 is 19.1 Å². The molecule has 2 atom stereocenters. The van der Waals surface area contributed by atoms with Gasteiger partial charge in [-0.15, -0.1) is 0 Å². The largest absolute Gasteiger partial charge is 0.444 e. The average molecular weight is 478 g/mol. The molecule has 0 aliphatic carbocycles. The van der Waals surface area contributed by atoms with Crippen LogP contribution in [0.15, 0.2) is 54.6 Å². The van der Waals surface area contributed by atoms with E-state index < -0.39 is 35.6 Å². The van der Waals surface area contributed by atoms with Crippen LogP contribution in [0.5, 0.6) is 0 Å². The fraction of sp³-hybridized carbons (Fsp3) is 0.393. The van der Waals surface area contributed by atoms with Crippen molar-refractivity contribution in [3.63, 3.8) is 0 Å². The molecule has 0 saturated carbocycles. The third-order valence-corrected chi connectivity index (χ3v) is 5.16. The van der Waals surface area contributed by atoms with Crippen LogP contribution in [-0.4, -0.2) is 34.5 Å². The molecule has 0 aromatic heterocycles. The number of alkyl carbamates (subject to hydrolysis) is 1. The van der Waals surface area contributed by atoms with Crippen molar-refractivity contribution in [2.24, 2.45) is 5.92 Å². The Morgan fingerprint density at radius 2 is 1.71 bits per heavy atom. The number of hydrogen-bond donors (Lipinski definition) is 2. The van der Waals surface area contributed by atoms with Gasteiger partial charge >= 0.3 is 6.09 Å². The molecule has 0 bridgehead atoms. The lowest BCUT2D eigenvalue weighted by molar-refractivity contribution is -0.139. The van der Waals surface area contributed by atoms with E-state index in [0.717, 1.165) is 16.0 Å². The maximum atomic E-state index is 13.6. The fourth-order valence-electron chi connectivity index (χ4n) is 3.50. The predicted octanol–water partition coefficient (Wildman–Crippen LogP) is 4.32. The smallest absolute Gasteiger partial charge is 0.408 e. The summed E-state index contributed by atoms with van der Waals surface area (Å²) in [7, 11) is 0. The lowest BCUT2D eigenvalue weighted by atomic mass is 9.98. The third-order valence-electron chi connectivity index (χ3n) is 5.16. The summed E-state index contributed by atoms with van der Waals surface area (Å²) < 4.78 is 5.33. The first-order chi connectivity index (χ1) is 16.4. The van der Waals surface area contributed by atoms with Gasteiger partial charge in [0.1, 0.15) is 17.7 Å². The predicted molar refractivity (Wildman–Crippen MR) is 136 cm³/mol. The first-order valence-electron chi connectivity index (χ1n) is 11.6. The van der Waals surface area contributed by atoms with E-state index >= 15 is 0 Å². The summed E-state index contributed by atoms with van der Waals surface area (Å²) in [6.45, 7) is 10.9. The van der Waals surface area contributed by atoms with Crippen LogP contribution in [-0.2, 0) is 20.9 Å². The van der Waals surface area contributed by atoms with Crippen molar-refractivity contribution in [2.75, 3.05) is 0 Å². The highest BCUT2D eigenvalue weighted by Crippen LogP contribution is 2.24. The molecule has 7 nitrogen and oxygen atoms in total. The van der Waals surface area contributed by atoms with Gasteiger partial charge in [-0.25, -0.2) is 4.79 Å². The highest BCUT2D eigenvalue weighted by molar-refractivity contribution is 5.93. The Kier molecular flexibility index (Phi) is 9.47. The van der Waals surface area contributed by atoms with Crippen molar-refractivity contribution in [3.8, 4) is 12.5 Å². The van der Waals surface area contributed by atoms with E-state index in [2.05, 4.69) is 16.7 Å². The maximum Gasteiger partial charge on any atom is 0.408 e.